The number of benzene rings is 2. The van der Waals surface area contributed by atoms with Gasteiger partial charge in [0.2, 0.25) is 0 Å². The number of nitrogens with zero attached hydrogens (tertiary/aromatic N) is 1. The third kappa shape index (κ3) is 3.89. The number of aryl methyl sites for hydroxylation is 3. The number of nitrogens with two attached hydrogens (primary N) is 1. The van der Waals surface area contributed by atoms with Crippen molar-refractivity contribution in [2.75, 3.05) is 17.5 Å². The highest BCUT2D eigenvalue weighted by atomic mass is 35.5. The summed E-state index contributed by atoms with van der Waals surface area (Å²) >= 11 is 6.27. The van der Waals surface area contributed by atoms with E-state index in [1.165, 1.54) is 16.4 Å². The van der Waals surface area contributed by atoms with E-state index in [1.54, 1.807) is 6.92 Å². The molecule has 2 aromatic rings. The summed E-state index contributed by atoms with van der Waals surface area (Å²) in [5.41, 5.74) is 8.48. The summed E-state index contributed by atoms with van der Waals surface area (Å²) in [5, 5.41) is 0.109. The Bertz CT molecular complexity index is 1010. The number of rotatable bonds is 5. The van der Waals surface area contributed by atoms with Crippen molar-refractivity contribution in [1.29, 1.82) is 0 Å². The van der Waals surface area contributed by atoms with E-state index in [2.05, 4.69) is 0 Å². The lowest BCUT2D eigenvalue weighted by Crippen LogP contribution is -2.35. The van der Waals surface area contributed by atoms with Crippen molar-refractivity contribution in [3.05, 3.63) is 52.0 Å². The first-order valence-corrected chi connectivity index (χ1v) is 10.4. The first kappa shape index (κ1) is 19.5. The summed E-state index contributed by atoms with van der Waals surface area (Å²) in [7, 11) is -3.89. The highest BCUT2D eigenvalue weighted by Crippen LogP contribution is 2.37. The molecule has 0 atom stereocenters. The summed E-state index contributed by atoms with van der Waals surface area (Å²) in [4.78, 5) is 10.9. The van der Waals surface area contributed by atoms with Gasteiger partial charge in [-0.05, 0) is 49.9 Å². The van der Waals surface area contributed by atoms with Gasteiger partial charge >= 0.3 is 0 Å². The molecule has 144 valence electrons. The molecule has 1 heterocycles. The van der Waals surface area contributed by atoms with E-state index in [0.29, 0.717) is 17.8 Å². The summed E-state index contributed by atoms with van der Waals surface area (Å²) in [5.74, 6) is -0.382. The Balaban J connectivity index is 2.06. The van der Waals surface area contributed by atoms with Crippen molar-refractivity contribution < 1.29 is 17.9 Å². The average Bonchev–Trinajstić information content (AvgIpc) is 2.59. The predicted octanol–water partition coefficient (Wildman–Crippen LogP) is 2.96. The second-order valence-corrected chi connectivity index (χ2v) is 8.85. The van der Waals surface area contributed by atoms with Gasteiger partial charge in [-0.15, -0.1) is 0 Å². The maximum Gasteiger partial charge on any atom is 0.265 e. The molecular formula is C19H21ClN2O4S. The maximum absolute atomic E-state index is 13.4. The molecule has 0 bridgehead atoms. The zero-order valence-electron chi connectivity index (χ0n) is 15.2. The standard InChI is InChI=1S/C19H21ClN2O4S/c1-12-5-6-16-14(8-12)4-3-7-22(16)27(24,25)18-10-17(26-11-19(21)23)13(2)9-15(18)20/h5-6,8-10H,3-4,7,11H2,1-2H3,(H2,21,23). The number of carbonyl (C=O) groups excluding carboxylic acids is 1. The fourth-order valence-corrected chi connectivity index (χ4v) is 5.31. The monoisotopic (exact) mass is 408 g/mol. The van der Waals surface area contributed by atoms with Crippen LogP contribution in [0.5, 0.6) is 5.75 Å². The molecule has 0 radical (unpaired) electrons. The molecule has 27 heavy (non-hydrogen) atoms. The fraction of sp³-hybridized carbons (Fsp3) is 0.316. The van der Waals surface area contributed by atoms with Crippen LogP contribution < -0.4 is 14.8 Å². The van der Waals surface area contributed by atoms with Crippen LogP contribution in [0.25, 0.3) is 0 Å². The van der Waals surface area contributed by atoms with Gasteiger partial charge in [-0.3, -0.25) is 9.10 Å². The van der Waals surface area contributed by atoms with Crippen LogP contribution in [0, 0.1) is 13.8 Å². The molecule has 3 rings (SSSR count). The smallest absolute Gasteiger partial charge is 0.265 e. The lowest BCUT2D eigenvalue weighted by Gasteiger charge is -2.31. The van der Waals surface area contributed by atoms with Crippen molar-refractivity contribution in [2.45, 2.75) is 31.6 Å². The molecule has 8 heteroatoms. The Kier molecular flexibility index (Phi) is 5.35. The van der Waals surface area contributed by atoms with Gasteiger partial charge < -0.3 is 10.5 Å². The molecule has 0 saturated carbocycles. The van der Waals surface area contributed by atoms with Crippen LogP contribution in [-0.4, -0.2) is 27.5 Å². The summed E-state index contributed by atoms with van der Waals surface area (Å²) < 4.78 is 33.4. The van der Waals surface area contributed by atoms with E-state index in [1.807, 2.05) is 25.1 Å². The Labute approximate surface area is 163 Å². The number of sulfonamides is 1. The molecule has 1 amide bonds. The lowest BCUT2D eigenvalue weighted by atomic mass is 10.0. The van der Waals surface area contributed by atoms with Gasteiger partial charge in [0.25, 0.3) is 15.9 Å². The molecule has 2 N–H and O–H groups in total. The Morgan fingerprint density at radius 2 is 2.00 bits per heavy atom. The van der Waals surface area contributed by atoms with E-state index in [9.17, 15) is 13.2 Å². The van der Waals surface area contributed by atoms with Crippen LogP contribution in [0.2, 0.25) is 5.02 Å². The van der Waals surface area contributed by atoms with E-state index in [-0.39, 0.29) is 22.3 Å². The van der Waals surface area contributed by atoms with Gasteiger partial charge in [-0.2, -0.15) is 0 Å². The quantitative estimate of drug-likeness (QED) is 0.823. The first-order valence-electron chi connectivity index (χ1n) is 8.53. The number of amides is 1. The highest BCUT2D eigenvalue weighted by molar-refractivity contribution is 7.93. The topological polar surface area (TPSA) is 89.7 Å². The van der Waals surface area contributed by atoms with E-state index in [0.717, 1.165) is 24.0 Å². The zero-order valence-corrected chi connectivity index (χ0v) is 16.7. The minimum absolute atomic E-state index is 0.0531. The number of anilines is 1. The lowest BCUT2D eigenvalue weighted by molar-refractivity contribution is -0.119. The average molecular weight is 409 g/mol. The molecule has 0 fully saturated rings. The molecule has 1 aliphatic heterocycles. The number of halogens is 1. The summed E-state index contributed by atoms with van der Waals surface area (Å²) in [6.07, 6.45) is 1.56. The van der Waals surface area contributed by atoms with Crippen LogP contribution in [0.1, 0.15) is 23.1 Å². The SMILES string of the molecule is Cc1ccc2c(c1)CCCN2S(=O)(=O)c1cc(OCC(N)=O)c(C)cc1Cl. The minimum atomic E-state index is -3.89. The van der Waals surface area contributed by atoms with Crippen molar-refractivity contribution in [3.8, 4) is 5.75 Å². The predicted molar refractivity (Wildman–Crippen MR) is 105 cm³/mol. The number of primary amides is 1. The zero-order chi connectivity index (χ0) is 19.8. The number of ether oxygens (including phenoxy) is 1. The molecule has 0 aliphatic carbocycles. The molecule has 0 saturated heterocycles. The van der Waals surface area contributed by atoms with Gasteiger partial charge in [0.1, 0.15) is 10.6 Å². The van der Waals surface area contributed by atoms with Crippen LogP contribution in [-0.2, 0) is 21.2 Å². The number of fused-ring (bicyclic) bond motifs is 1. The van der Waals surface area contributed by atoms with Gasteiger partial charge in [-0.1, -0.05) is 29.3 Å². The summed E-state index contributed by atoms with van der Waals surface area (Å²) in [6.45, 7) is 3.73. The van der Waals surface area contributed by atoms with Crippen molar-refractivity contribution in [3.63, 3.8) is 0 Å². The third-order valence-electron chi connectivity index (χ3n) is 4.48. The van der Waals surface area contributed by atoms with Gasteiger partial charge in [0.15, 0.2) is 6.61 Å². The molecule has 0 spiro atoms. The third-order valence-corrected chi connectivity index (χ3v) is 6.76. The minimum Gasteiger partial charge on any atom is -0.483 e. The van der Waals surface area contributed by atoms with Crippen molar-refractivity contribution >= 4 is 33.2 Å². The second-order valence-electron chi connectivity index (χ2n) is 6.62. The van der Waals surface area contributed by atoms with Gasteiger partial charge in [0.05, 0.1) is 10.7 Å². The molecule has 2 aromatic carbocycles. The number of hydrogen-bond acceptors (Lipinski definition) is 4. The highest BCUT2D eigenvalue weighted by Gasteiger charge is 2.31. The number of hydrogen-bond donors (Lipinski definition) is 1. The summed E-state index contributed by atoms with van der Waals surface area (Å²) in [6, 6.07) is 8.61. The molecule has 1 aliphatic rings. The molecular weight excluding hydrogens is 388 g/mol. The number of carbonyl (C=O) groups is 1. The normalized spacial score (nSPS) is 14.0. The van der Waals surface area contributed by atoms with Gasteiger partial charge in [0, 0.05) is 12.6 Å². The van der Waals surface area contributed by atoms with Crippen LogP contribution in [0.15, 0.2) is 35.2 Å². The second kappa shape index (κ2) is 7.40. The van der Waals surface area contributed by atoms with E-state index in [4.69, 9.17) is 22.1 Å². The Hall–Kier alpha value is -2.25. The Morgan fingerprint density at radius 3 is 2.70 bits per heavy atom. The van der Waals surface area contributed by atoms with E-state index >= 15 is 0 Å². The van der Waals surface area contributed by atoms with Crippen molar-refractivity contribution in [1.82, 2.24) is 0 Å². The van der Waals surface area contributed by atoms with Crippen molar-refractivity contribution in [2.24, 2.45) is 5.73 Å². The molecule has 0 aromatic heterocycles. The van der Waals surface area contributed by atoms with E-state index < -0.39 is 15.9 Å². The fourth-order valence-electron chi connectivity index (χ4n) is 3.20. The molecule has 0 unspecified atom stereocenters. The van der Waals surface area contributed by atoms with Crippen LogP contribution in [0.4, 0.5) is 5.69 Å². The largest absolute Gasteiger partial charge is 0.483 e. The Morgan fingerprint density at radius 1 is 1.26 bits per heavy atom. The van der Waals surface area contributed by atoms with Gasteiger partial charge in [-0.25, -0.2) is 8.42 Å². The van der Waals surface area contributed by atoms with Crippen LogP contribution >= 0.6 is 11.6 Å². The maximum atomic E-state index is 13.4. The van der Waals surface area contributed by atoms with Crippen LogP contribution in [0.3, 0.4) is 0 Å². The first-order chi connectivity index (χ1) is 12.7. The molecule has 6 nitrogen and oxygen atoms in total.